The number of hydrogen-bond acceptors (Lipinski definition) is 4. The molecule has 6 nitrogen and oxygen atoms in total. The average molecular weight is 261 g/mol. The molecule has 0 amide bonds. The van der Waals surface area contributed by atoms with Crippen molar-refractivity contribution < 1.29 is 19.2 Å². The normalized spacial score (nSPS) is 10.4. The highest BCUT2D eigenvalue weighted by molar-refractivity contribution is 5.85. The van der Waals surface area contributed by atoms with E-state index in [0.717, 1.165) is 0 Å². The lowest BCUT2D eigenvalue weighted by atomic mass is 10.0. The number of hydrogen-bond donors (Lipinski definition) is 1. The van der Waals surface area contributed by atoms with Crippen molar-refractivity contribution in [2.75, 3.05) is 0 Å². The molecular weight excluding hydrogens is 250 g/mol. The lowest BCUT2D eigenvalue weighted by Gasteiger charge is -2.05. The Balaban J connectivity index is 2.53. The smallest absolute Gasteiger partial charge is 0.371 e. The Hall–Kier alpha value is -2.63. The van der Waals surface area contributed by atoms with E-state index >= 15 is 0 Å². The number of aryl methyl sites for hydroxylation is 2. The number of aromatic carboxylic acids is 1. The van der Waals surface area contributed by atoms with Crippen molar-refractivity contribution in [3.8, 4) is 11.3 Å². The van der Waals surface area contributed by atoms with Gasteiger partial charge in [-0.3, -0.25) is 10.1 Å². The summed E-state index contributed by atoms with van der Waals surface area (Å²) in [6.45, 7) is 3.34. The maximum atomic E-state index is 10.8. The van der Waals surface area contributed by atoms with Crippen LogP contribution in [0.15, 0.2) is 28.7 Å². The van der Waals surface area contributed by atoms with Crippen LogP contribution in [-0.2, 0) is 0 Å². The molecule has 0 spiro atoms. The predicted molar refractivity (Wildman–Crippen MR) is 67.2 cm³/mol. The van der Waals surface area contributed by atoms with Gasteiger partial charge >= 0.3 is 5.97 Å². The molecule has 0 bridgehead atoms. The van der Waals surface area contributed by atoms with Crippen LogP contribution >= 0.6 is 0 Å². The minimum absolute atomic E-state index is 0.0336. The van der Waals surface area contributed by atoms with Crippen LogP contribution in [0.3, 0.4) is 0 Å². The predicted octanol–water partition coefficient (Wildman–Crippen LogP) is 3.17. The van der Waals surface area contributed by atoms with Crippen molar-refractivity contribution in [1.82, 2.24) is 0 Å². The molecule has 0 fully saturated rings. The van der Waals surface area contributed by atoms with Gasteiger partial charge in [0.1, 0.15) is 5.76 Å². The van der Waals surface area contributed by atoms with Gasteiger partial charge in [-0.25, -0.2) is 4.79 Å². The molecule has 98 valence electrons. The van der Waals surface area contributed by atoms with E-state index in [9.17, 15) is 14.9 Å². The van der Waals surface area contributed by atoms with Gasteiger partial charge in [0.25, 0.3) is 5.69 Å². The number of benzene rings is 1. The summed E-state index contributed by atoms with van der Waals surface area (Å²) in [5.41, 5.74) is 1.84. The molecule has 2 aromatic rings. The van der Waals surface area contributed by atoms with E-state index in [1.165, 1.54) is 18.2 Å². The summed E-state index contributed by atoms with van der Waals surface area (Å²) in [4.78, 5) is 21.1. The van der Waals surface area contributed by atoms with Crippen LogP contribution < -0.4 is 0 Å². The molecule has 1 N–H and O–H groups in total. The SMILES string of the molecule is Cc1cc([N+](=O)[O-])c(C)cc1-c1ccc(C(=O)O)o1. The molecule has 19 heavy (non-hydrogen) atoms. The second-order valence-electron chi connectivity index (χ2n) is 4.18. The molecule has 0 aliphatic rings. The summed E-state index contributed by atoms with van der Waals surface area (Å²) in [6.07, 6.45) is 0. The number of furan rings is 1. The van der Waals surface area contributed by atoms with E-state index in [2.05, 4.69) is 0 Å². The molecule has 0 saturated carbocycles. The molecule has 0 unspecified atom stereocenters. The highest BCUT2D eigenvalue weighted by Crippen LogP contribution is 2.31. The second kappa shape index (κ2) is 4.56. The van der Waals surface area contributed by atoms with Crippen molar-refractivity contribution in [3.63, 3.8) is 0 Å². The van der Waals surface area contributed by atoms with E-state index in [0.29, 0.717) is 22.5 Å². The molecule has 1 heterocycles. The first-order valence-corrected chi connectivity index (χ1v) is 5.49. The zero-order valence-corrected chi connectivity index (χ0v) is 10.3. The topological polar surface area (TPSA) is 93.6 Å². The van der Waals surface area contributed by atoms with Crippen LogP contribution in [-0.4, -0.2) is 16.0 Å². The number of nitro benzene ring substituents is 1. The van der Waals surface area contributed by atoms with Crippen LogP contribution in [0, 0.1) is 24.0 Å². The van der Waals surface area contributed by atoms with E-state index in [-0.39, 0.29) is 11.4 Å². The minimum Gasteiger partial charge on any atom is -0.475 e. The Kier molecular flexibility index (Phi) is 3.08. The third-order valence-corrected chi connectivity index (χ3v) is 2.82. The molecule has 1 aromatic carbocycles. The van der Waals surface area contributed by atoms with Crippen molar-refractivity contribution in [1.29, 1.82) is 0 Å². The van der Waals surface area contributed by atoms with Crippen LogP contribution in [0.2, 0.25) is 0 Å². The van der Waals surface area contributed by atoms with Crippen molar-refractivity contribution in [3.05, 3.63) is 51.3 Å². The number of carboxylic acids is 1. The number of carbonyl (C=O) groups is 1. The van der Waals surface area contributed by atoms with Gasteiger partial charge in [0.15, 0.2) is 0 Å². The van der Waals surface area contributed by atoms with Crippen molar-refractivity contribution in [2.24, 2.45) is 0 Å². The zero-order chi connectivity index (χ0) is 14.2. The van der Waals surface area contributed by atoms with Gasteiger partial charge in [-0.15, -0.1) is 0 Å². The van der Waals surface area contributed by atoms with Crippen LogP contribution in [0.1, 0.15) is 21.7 Å². The number of nitro groups is 1. The van der Waals surface area contributed by atoms with Crippen molar-refractivity contribution >= 4 is 11.7 Å². The van der Waals surface area contributed by atoms with Gasteiger partial charge < -0.3 is 9.52 Å². The van der Waals surface area contributed by atoms with E-state index in [1.54, 1.807) is 19.9 Å². The highest BCUT2D eigenvalue weighted by atomic mass is 16.6. The molecule has 0 atom stereocenters. The van der Waals surface area contributed by atoms with Gasteiger partial charge in [-0.05, 0) is 37.6 Å². The Morgan fingerprint density at radius 1 is 1.26 bits per heavy atom. The molecule has 0 aliphatic heterocycles. The zero-order valence-electron chi connectivity index (χ0n) is 10.3. The number of carboxylic acid groups (broad SMARTS) is 1. The molecule has 0 saturated heterocycles. The molecule has 2 rings (SSSR count). The van der Waals surface area contributed by atoms with Gasteiger partial charge in [0.05, 0.1) is 4.92 Å². The fourth-order valence-electron chi connectivity index (χ4n) is 1.86. The fraction of sp³-hybridized carbons (Fsp3) is 0.154. The van der Waals surface area contributed by atoms with Crippen molar-refractivity contribution in [2.45, 2.75) is 13.8 Å². The first-order chi connectivity index (χ1) is 8.90. The standard InChI is InChI=1S/C13H11NO5/c1-7-6-10(14(17)18)8(2)5-9(7)11-3-4-12(19-11)13(15)16/h3-6H,1-2H3,(H,15,16). The maximum Gasteiger partial charge on any atom is 0.371 e. The molecular formula is C13H11NO5. The summed E-state index contributed by atoms with van der Waals surface area (Å²) < 4.78 is 5.20. The van der Waals surface area contributed by atoms with Gasteiger partial charge in [-0.2, -0.15) is 0 Å². The molecule has 0 aliphatic carbocycles. The first-order valence-electron chi connectivity index (χ1n) is 5.49. The average Bonchev–Trinajstić information content (AvgIpc) is 2.80. The minimum atomic E-state index is -1.15. The van der Waals surface area contributed by atoms with E-state index in [4.69, 9.17) is 9.52 Å². The molecule has 1 aromatic heterocycles. The van der Waals surface area contributed by atoms with E-state index < -0.39 is 10.9 Å². The summed E-state index contributed by atoms with van der Waals surface area (Å²) in [6, 6.07) is 5.97. The summed E-state index contributed by atoms with van der Waals surface area (Å²) in [5, 5.41) is 19.6. The largest absolute Gasteiger partial charge is 0.475 e. The monoisotopic (exact) mass is 261 g/mol. The Morgan fingerprint density at radius 3 is 2.47 bits per heavy atom. The summed E-state index contributed by atoms with van der Waals surface area (Å²) >= 11 is 0. The Labute approximate surface area is 108 Å². The first kappa shape index (κ1) is 12.8. The highest BCUT2D eigenvalue weighted by Gasteiger charge is 2.17. The molecule has 6 heteroatoms. The second-order valence-corrected chi connectivity index (χ2v) is 4.18. The fourth-order valence-corrected chi connectivity index (χ4v) is 1.86. The summed E-state index contributed by atoms with van der Waals surface area (Å²) in [7, 11) is 0. The third kappa shape index (κ3) is 2.33. The van der Waals surface area contributed by atoms with Gasteiger partial charge in [-0.1, -0.05) is 0 Å². The van der Waals surface area contributed by atoms with Crippen LogP contribution in [0.25, 0.3) is 11.3 Å². The van der Waals surface area contributed by atoms with Gasteiger partial charge in [0.2, 0.25) is 5.76 Å². The van der Waals surface area contributed by atoms with E-state index in [1.807, 2.05) is 0 Å². The Morgan fingerprint density at radius 2 is 1.95 bits per heavy atom. The van der Waals surface area contributed by atoms with Gasteiger partial charge in [0, 0.05) is 17.2 Å². The lowest BCUT2D eigenvalue weighted by molar-refractivity contribution is -0.385. The maximum absolute atomic E-state index is 10.8. The quantitative estimate of drug-likeness (QED) is 0.676. The third-order valence-electron chi connectivity index (χ3n) is 2.82. The lowest BCUT2D eigenvalue weighted by Crippen LogP contribution is -1.94. The molecule has 0 radical (unpaired) electrons. The number of nitrogens with zero attached hydrogens (tertiary/aromatic N) is 1. The number of rotatable bonds is 3. The van der Waals surface area contributed by atoms with Crippen LogP contribution in [0.4, 0.5) is 5.69 Å². The Bertz CT molecular complexity index is 672. The van der Waals surface area contributed by atoms with Crippen LogP contribution in [0.5, 0.6) is 0 Å². The summed E-state index contributed by atoms with van der Waals surface area (Å²) in [5.74, 6) is -0.930.